The lowest BCUT2D eigenvalue weighted by Crippen LogP contribution is -2.14. The summed E-state index contributed by atoms with van der Waals surface area (Å²) in [5, 5.41) is 11.4. The van der Waals surface area contributed by atoms with Crippen molar-refractivity contribution < 1.29 is 19.1 Å². The molecule has 0 aliphatic carbocycles. The molecule has 0 saturated carbocycles. The van der Waals surface area contributed by atoms with E-state index in [-0.39, 0.29) is 11.3 Å². The lowest BCUT2D eigenvalue weighted by molar-refractivity contribution is 0.0696. The molecule has 0 aliphatic heterocycles. The summed E-state index contributed by atoms with van der Waals surface area (Å²) in [5.74, 6) is -2.05. The Balaban J connectivity index is 2.19. The number of aryl methyl sites for hydroxylation is 1. The minimum Gasteiger partial charge on any atom is -0.478 e. The summed E-state index contributed by atoms with van der Waals surface area (Å²) < 4.78 is 12.7. The Kier molecular flexibility index (Phi) is 3.74. The molecule has 0 atom stereocenters. The van der Waals surface area contributed by atoms with Gasteiger partial charge in [-0.05, 0) is 42.8 Å². The Hall–Kier alpha value is -2.76. The number of amides is 1. The summed E-state index contributed by atoms with van der Waals surface area (Å²) in [6.45, 7) is 1.68. The normalized spacial score (nSPS) is 10.1. The van der Waals surface area contributed by atoms with Gasteiger partial charge in [0.05, 0.1) is 11.8 Å². The summed E-state index contributed by atoms with van der Waals surface area (Å²) in [6.07, 6.45) is 0.954. The van der Waals surface area contributed by atoms with Gasteiger partial charge in [0.2, 0.25) is 0 Å². The van der Waals surface area contributed by atoms with Gasteiger partial charge in [0, 0.05) is 5.69 Å². The molecule has 5 nitrogen and oxygen atoms in total. The number of benzene rings is 1. The molecule has 1 heterocycles. The van der Waals surface area contributed by atoms with Crippen molar-refractivity contribution in [3.63, 3.8) is 0 Å². The number of hydrogen-bond acceptors (Lipinski definition) is 3. The largest absolute Gasteiger partial charge is 0.478 e. The highest BCUT2D eigenvalue weighted by Crippen LogP contribution is 2.17. The lowest BCUT2D eigenvalue weighted by Gasteiger charge is -2.08. The second kappa shape index (κ2) is 5.48. The molecule has 2 rings (SSSR count). The van der Waals surface area contributed by atoms with Gasteiger partial charge in [0.25, 0.3) is 5.91 Å². The number of aromatic carboxylic acids is 1. The number of carboxylic acid groups (broad SMARTS) is 1. The molecule has 1 aromatic heterocycles. The molecule has 0 saturated heterocycles. The van der Waals surface area contributed by atoms with Crippen molar-refractivity contribution in [1.82, 2.24) is 4.98 Å². The molecule has 1 aromatic carbocycles. The number of pyridine rings is 1. The topological polar surface area (TPSA) is 79.3 Å². The monoisotopic (exact) mass is 274 g/mol. The maximum atomic E-state index is 12.7. The molecular formula is C14H11FN2O3. The van der Waals surface area contributed by atoms with Crippen LogP contribution in [0.15, 0.2) is 36.5 Å². The van der Waals surface area contributed by atoms with Crippen molar-refractivity contribution >= 4 is 17.6 Å². The van der Waals surface area contributed by atoms with Crippen LogP contribution in [0.5, 0.6) is 0 Å². The maximum Gasteiger partial charge on any atom is 0.335 e. The van der Waals surface area contributed by atoms with Crippen molar-refractivity contribution in [2.24, 2.45) is 0 Å². The van der Waals surface area contributed by atoms with Crippen LogP contribution in [-0.4, -0.2) is 22.0 Å². The highest BCUT2D eigenvalue weighted by atomic mass is 19.1. The molecule has 0 bridgehead atoms. The summed E-state index contributed by atoms with van der Waals surface area (Å²) >= 11 is 0. The van der Waals surface area contributed by atoms with E-state index < -0.39 is 17.7 Å². The molecule has 0 aliphatic rings. The van der Waals surface area contributed by atoms with Crippen molar-refractivity contribution in [3.8, 4) is 0 Å². The van der Waals surface area contributed by atoms with Crippen molar-refractivity contribution in [2.45, 2.75) is 6.92 Å². The van der Waals surface area contributed by atoms with Crippen molar-refractivity contribution in [1.29, 1.82) is 0 Å². The standard InChI is InChI=1S/C14H11FN2O3/c1-8-6-9(14(19)20)2-4-11(8)17-13(18)12-5-3-10(15)7-16-12/h2-7H,1H3,(H,17,18)(H,19,20). The second-order valence-corrected chi connectivity index (χ2v) is 4.15. The van der Waals surface area contributed by atoms with Crippen LogP contribution >= 0.6 is 0 Å². The number of carbonyl (C=O) groups is 2. The van der Waals surface area contributed by atoms with Gasteiger partial charge in [-0.25, -0.2) is 14.2 Å². The third-order valence-electron chi connectivity index (χ3n) is 2.68. The molecular weight excluding hydrogens is 263 g/mol. The van der Waals surface area contributed by atoms with Gasteiger partial charge >= 0.3 is 5.97 Å². The van der Waals surface area contributed by atoms with Crippen LogP contribution in [-0.2, 0) is 0 Å². The van der Waals surface area contributed by atoms with Gasteiger partial charge in [-0.1, -0.05) is 0 Å². The van der Waals surface area contributed by atoms with Crippen molar-refractivity contribution in [2.75, 3.05) is 5.32 Å². The van der Waals surface area contributed by atoms with E-state index in [4.69, 9.17) is 5.11 Å². The summed E-state index contributed by atoms with van der Waals surface area (Å²) in [7, 11) is 0. The van der Waals surface area contributed by atoms with Gasteiger partial charge in [0.15, 0.2) is 0 Å². The zero-order valence-electron chi connectivity index (χ0n) is 10.6. The first-order valence-electron chi connectivity index (χ1n) is 5.74. The summed E-state index contributed by atoms with van der Waals surface area (Å²) in [5.41, 5.74) is 1.31. The Morgan fingerprint density at radius 2 is 2.00 bits per heavy atom. The van der Waals surface area contributed by atoms with Gasteiger partial charge < -0.3 is 10.4 Å². The van der Waals surface area contributed by atoms with Crippen LogP contribution in [0.1, 0.15) is 26.4 Å². The fourth-order valence-corrected chi connectivity index (χ4v) is 1.63. The minimum absolute atomic E-state index is 0.0770. The maximum absolute atomic E-state index is 12.7. The first-order chi connectivity index (χ1) is 9.47. The molecule has 6 heteroatoms. The molecule has 2 N–H and O–H groups in total. The number of carboxylic acids is 1. The van der Waals surface area contributed by atoms with Crippen LogP contribution in [0.25, 0.3) is 0 Å². The Labute approximate surface area is 114 Å². The molecule has 0 fully saturated rings. The number of halogens is 1. The average Bonchev–Trinajstić information content (AvgIpc) is 2.41. The van der Waals surface area contributed by atoms with E-state index in [0.717, 1.165) is 12.3 Å². The predicted octanol–water partition coefficient (Wildman–Crippen LogP) is 2.48. The Morgan fingerprint density at radius 1 is 1.25 bits per heavy atom. The number of anilines is 1. The second-order valence-electron chi connectivity index (χ2n) is 4.15. The molecule has 1 amide bonds. The zero-order valence-corrected chi connectivity index (χ0v) is 10.6. The van der Waals surface area contributed by atoms with Crippen LogP contribution < -0.4 is 5.32 Å². The van der Waals surface area contributed by atoms with Gasteiger partial charge in [-0.15, -0.1) is 0 Å². The highest BCUT2D eigenvalue weighted by molar-refractivity contribution is 6.03. The first kappa shape index (κ1) is 13.7. The molecule has 0 unspecified atom stereocenters. The van der Waals surface area contributed by atoms with Gasteiger partial charge in [0.1, 0.15) is 11.5 Å². The van der Waals surface area contributed by atoms with Crippen LogP contribution in [0, 0.1) is 12.7 Å². The lowest BCUT2D eigenvalue weighted by atomic mass is 10.1. The molecule has 20 heavy (non-hydrogen) atoms. The first-order valence-corrected chi connectivity index (χ1v) is 5.74. The molecule has 102 valence electrons. The number of nitrogens with zero attached hydrogens (tertiary/aromatic N) is 1. The van der Waals surface area contributed by atoms with Crippen LogP contribution in [0.2, 0.25) is 0 Å². The fraction of sp³-hybridized carbons (Fsp3) is 0.0714. The van der Waals surface area contributed by atoms with E-state index in [1.807, 2.05) is 0 Å². The molecule has 2 aromatic rings. The number of aromatic nitrogens is 1. The van der Waals surface area contributed by atoms with Crippen molar-refractivity contribution in [3.05, 3.63) is 59.2 Å². The smallest absolute Gasteiger partial charge is 0.335 e. The molecule has 0 radical (unpaired) electrons. The third kappa shape index (κ3) is 2.97. The quantitative estimate of drug-likeness (QED) is 0.901. The molecule has 0 spiro atoms. The summed E-state index contributed by atoms with van der Waals surface area (Å²) in [6, 6.07) is 6.76. The van der Waals surface area contributed by atoms with Gasteiger partial charge in [-0.2, -0.15) is 0 Å². The Morgan fingerprint density at radius 3 is 2.55 bits per heavy atom. The number of rotatable bonds is 3. The van der Waals surface area contributed by atoms with Crippen LogP contribution in [0.3, 0.4) is 0 Å². The van der Waals surface area contributed by atoms with E-state index >= 15 is 0 Å². The summed E-state index contributed by atoms with van der Waals surface area (Å²) in [4.78, 5) is 26.4. The fourth-order valence-electron chi connectivity index (χ4n) is 1.63. The predicted molar refractivity (Wildman–Crippen MR) is 70.3 cm³/mol. The average molecular weight is 274 g/mol. The zero-order chi connectivity index (χ0) is 14.7. The number of nitrogens with one attached hydrogen (secondary N) is 1. The Bertz CT molecular complexity index is 669. The van der Waals surface area contributed by atoms with Crippen LogP contribution in [0.4, 0.5) is 10.1 Å². The SMILES string of the molecule is Cc1cc(C(=O)O)ccc1NC(=O)c1ccc(F)cn1. The third-order valence-corrected chi connectivity index (χ3v) is 2.68. The number of hydrogen-bond donors (Lipinski definition) is 2. The van der Waals surface area contributed by atoms with E-state index in [1.165, 1.54) is 24.3 Å². The van der Waals surface area contributed by atoms with E-state index in [2.05, 4.69) is 10.3 Å². The minimum atomic E-state index is -1.04. The van der Waals surface area contributed by atoms with E-state index in [9.17, 15) is 14.0 Å². The van der Waals surface area contributed by atoms with E-state index in [0.29, 0.717) is 11.3 Å². The highest BCUT2D eigenvalue weighted by Gasteiger charge is 2.11. The van der Waals surface area contributed by atoms with Gasteiger partial charge in [-0.3, -0.25) is 4.79 Å². The number of carbonyl (C=O) groups excluding carboxylic acids is 1. The van der Waals surface area contributed by atoms with E-state index in [1.54, 1.807) is 6.92 Å².